The molecule has 22 heavy (non-hydrogen) atoms. The zero-order chi connectivity index (χ0) is 14.5. The third-order valence-electron chi connectivity index (χ3n) is 5.70. The summed E-state index contributed by atoms with van der Waals surface area (Å²) in [4.78, 5) is 6.94. The van der Waals surface area contributed by atoms with E-state index >= 15 is 0 Å². The number of halogens is 1. The van der Waals surface area contributed by atoms with Crippen molar-refractivity contribution in [2.24, 2.45) is 16.3 Å². The van der Waals surface area contributed by atoms with Gasteiger partial charge in [0.2, 0.25) is 0 Å². The van der Waals surface area contributed by atoms with Gasteiger partial charge in [-0.2, -0.15) is 0 Å². The Morgan fingerprint density at radius 2 is 2.09 bits per heavy atom. The highest BCUT2D eigenvalue weighted by Crippen LogP contribution is 2.38. The predicted molar refractivity (Wildman–Crippen MR) is 102 cm³/mol. The van der Waals surface area contributed by atoms with Gasteiger partial charge in [0.25, 0.3) is 0 Å². The minimum absolute atomic E-state index is 0. The summed E-state index contributed by atoms with van der Waals surface area (Å²) in [5.74, 6) is 2.05. The van der Waals surface area contributed by atoms with E-state index in [1.165, 1.54) is 51.4 Å². The van der Waals surface area contributed by atoms with Gasteiger partial charge in [-0.15, -0.1) is 24.0 Å². The Hall–Kier alpha value is -0.0400. The quantitative estimate of drug-likeness (QED) is 0.432. The molecule has 1 N–H and O–H groups in total. The summed E-state index contributed by atoms with van der Waals surface area (Å²) in [6.45, 7) is 5.23. The second-order valence-electron chi connectivity index (χ2n) is 7.24. The van der Waals surface area contributed by atoms with Crippen LogP contribution in [0.1, 0.15) is 51.4 Å². The number of hydrogen-bond donors (Lipinski definition) is 1. The van der Waals surface area contributed by atoms with E-state index in [1.54, 1.807) is 0 Å². The first kappa shape index (κ1) is 18.3. The molecule has 2 aliphatic heterocycles. The lowest BCUT2D eigenvalue weighted by atomic mass is 9.87. The Bertz CT molecular complexity index is 363. The average Bonchev–Trinajstić information content (AvgIpc) is 3.15. The third-order valence-corrected chi connectivity index (χ3v) is 5.70. The van der Waals surface area contributed by atoms with Crippen LogP contribution in [0.2, 0.25) is 0 Å². The first-order valence-corrected chi connectivity index (χ1v) is 8.85. The molecule has 1 saturated carbocycles. The molecule has 128 valence electrons. The van der Waals surface area contributed by atoms with Crippen LogP contribution < -0.4 is 5.32 Å². The van der Waals surface area contributed by atoms with Crippen molar-refractivity contribution in [3.63, 3.8) is 0 Å². The number of nitrogens with zero attached hydrogens (tertiary/aromatic N) is 2. The van der Waals surface area contributed by atoms with Crippen LogP contribution in [-0.4, -0.2) is 50.8 Å². The number of rotatable bonds is 3. The van der Waals surface area contributed by atoms with Crippen molar-refractivity contribution in [1.29, 1.82) is 0 Å². The van der Waals surface area contributed by atoms with Gasteiger partial charge in [0, 0.05) is 38.7 Å². The molecule has 4 nitrogen and oxygen atoms in total. The normalized spacial score (nSPS) is 29.9. The van der Waals surface area contributed by atoms with E-state index in [4.69, 9.17) is 4.74 Å². The summed E-state index contributed by atoms with van der Waals surface area (Å²) in [6.07, 6.45) is 11.0. The average molecular weight is 421 g/mol. The van der Waals surface area contributed by atoms with E-state index < -0.39 is 0 Å². The number of nitrogens with one attached hydrogen (secondary N) is 1. The van der Waals surface area contributed by atoms with E-state index in [0.29, 0.717) is 5.41 Å². The molecular formula is C17H32IN3O. The summed E-state index contributed by atoms with van der Waals surface area (Å²) >= 11 is 0. The Labute approximate surface area is 152 Å². The Kier molecular flexibility index (Phi) is 7.25. The Balaban J connectivity index is 0.00000176. The third kappa shape index (κ3) is 4.49. The second kappa shape index (κ2) is 8.71. The molecule has 0 amide bonds. The summed E-state index contributed by atoms with van der Waals surface area (Å²) in [5, 5.41) is 3.60. The lowest BCUT2D eigenvalue weighted by Crippen LogP contribution is -2.42. The molecule has 0 aromatic rings. The predicted octanol–water partition coefficient (Wildman–Crippen LogP) is 3.26. The van der Waals surface area contributed by atoms with Gasteiger partial charge in [0.1, 0.15) is 0 Å². The molecule has 0 aromatic heterocycles. The van der Waals surface area contributed by atoms with Crippen LogP contribution in [0.3, 0.4) is 0 Å². The van der Waals surface area contributed by atoms with Crippen molar-refractivity contribution in [2.75, 3.05) is 39.9 Å². The highest BCUT2D eigenvalue weighted by molar-refractivity contribution is 14.0. The minimum atomic E-state index is 0. The minimum Gasteiger partial charge on any atom is -0.381 e. The molecule has 2 heterocycles. The molecule has 0 bridgehead atoms. The molecule has 2 saturated heterocycles. The molecular weight excluding hydrogens is 389 g/mol. The first-order valence-electron chi connectivity index (χ1n) is 8.85. The van der Waals surface area contributed by atoms with Crippen LogP contribution in [-0.2, 0) is 4.74 Å². The fourth-order valence-electron chi connectivity index (χ4n) is 4.28. The molecule has 3 fully saturated rings. The molecule has 3 aliphatic rings. The van der Waals surface area contributed by atoms with E-state index in [0.717, 1.165) is 44.7 Å². The van der Waals surface area contributed by atoms with Gasteiger partial charge in [-0.25, -0.2) is 0 Å². The zero-order valence-electron chi connectivity index (χ0n) is 14.0. The summed E-state index contributed by atoms with van der Waals surface area (Å²) in [7, 11) is 1.92. The molecule has 0 radical (unpaired) electrons. The highest BCUT2D eigenvalue weighted by Gasteiger charge is 2.42. The first-order chi connectivity index (χ1) is 10.3. The Morgan fingerprint density at radius 3 is 2.77 bits per heavy atom. The van der Waals surface area contributed by atoms with Gasteiger partial charge >= 0.3 is 0 Å². The molecule has 0 aromatic carbocycles. The van der Waals surface area contributed by atoms with E-state index in [9.17, 15) is 0 Å². The smallest absolute Gasteiger partial charge is 0.193 e. The van der Waals surface area contributed by atoms with Crippen molar-refractivity contribution >= 4 is 29.9 Å². The molecule has 1 spiro atoms. The van der Waals surface area contributed by atoms with Gasteiger partial charge in [0.05, 0.1) is 6.61 Å². The van der Waals surface area contributed by atoms with Crippen LogP contribution in [0.4, 0.5) is 0 Å². The number of guanidine groups is 1. The van der Waals surface area contributed by atoms with E-state index in [2.05, 4.69) is 15.2 Å². The maximum absolute atomic E-state index is 5.62. The zero-order valence-corrected chi connectivity index (χ0v) is 16.3. The molecule has 5 heteroatoms. The second-order valence-corrected chi connectivity index (χ2v) is 7.24. The topological polar surface area (TPSA) is 36.9 Å². The van der Waals surface area contributed by atoms with Crippen LogP contribution in [0.25, 0.3) is 0 Å². The van der Waals surface area contributed by atoms with Crippen LogP contribution >= 0.6 is 24.0 Å². The van der Waals surface area contributed by atoms with Crippen LogP contribution in [0.5, 0.6) is 0 Å². The summed E-state index contributed by atoms with van der Waals surface area (Å²) in [5.41, 5.74) is 0.418. The van der Waals surface area contributed by atoms with Crippen molar-refractivity contribution in [2.45, 2.75) is 51.4 Å². The van der Waals surface area contributed by atoms with Gasteiger partial charge in [-0.3, -0.25) is 4.99 Å². The molecule has 1 unspecified atom stereocenters. The van der Waals surface area contributed by atoms with Crippen molar-refractivity contribution < 1.29 is 4.74 Å². The number of hydrogen-bond acceptors (Lipinski definition) is 2. The number of aliphatic imine (C=N–C) groups is 1. The number of ether oxygens (including phenoxy) is 1. The largest absolute Gasteiger partial charge is 0.381 e. The lowest BCUT2D eigenvalue weighted by molar-refractivity contribution is 0.156. The maximum atomic E-state index is 5.62. The SMILES string of the molecule is CN=C(NCCC1CCCCC1)N1CCC2(CCOC2)C1.I. The van der Waals surface area contributed by atoms with Crippen molar-refractivity contribution in [3.8, 4) is 0 Å². The van der Waals surface area contributed by atoms with Gasteiger partial charge < -0.3 is 15.0 Å². The summed E-state index contributed by atoms with van der Waals surface area (Å²) in [6, 6.07) is 0. The van der Waals surface area contributed by atoms with Gasteiger partial charge in [-0.1, -0.05) is 32.1 Å². The van der Waals surface area contributed by atoms with E-state index in [1.807, 2.05) is 7.05 Å². The Morgan fingerprint density at radius 1 is 1.27 bits per heavy atom. The fourth-order valence-corrected chi connectivity index (χ4v) is 4.28. The van der Waals surface area contributed by atoms with Crippen molar-refractivity contribution in [1.82, 2.24) is 10.2 Å². The molecule has 1 aliphatic carbocycles. The fraction of sp³-hybridized carbons (Fsp3) is 0.941. The van der Waals surface area contributed by atoms with Crippen LogP contribution in [0.15, 0.2) is 4.99 Å². The maximum Gasteiger partial charge on any atom is 0.193 e. The number of likely N-dealkylation sites (tertiary alicyclic amines) is 1. The van der Waals surface area contributed by atoms with Gasteiger partial charge in [-0.05, 0) is 25.2 Å². The molecule has 1 atom stereocenters. The summed E-state index contributed by atoms with van der Waals surface area (Å²) < 4.78 is 5.62. The molecule has 3 rings (SSSR count). The monoisotopic (exact) mass is 421 g/mol. The van der Waals surface area contributed by atoms with Gasteiger partial charge in [0.15, 0.2) is 5.96 Å². The van der Waals surface area contributed by atoms with E-state index in [-0.39, 0.29) is 24.0 Å². The standard InChI is InChI=1S/C17H31N3O.HI/c1-18-16(19-10-7-15-5-3-2-4-6-15)20-11-8-17(13-20)9-12-21-14-17;/h15H,2-14H2,1H3,(H,18,19);1H. The highest BCUT2D eigenvalue weighted by atomic mass is 127. The van der Waals surface area contributed by atoms with Crippen LogP contribution in [0, 0.1) is 11.3 Å². The lowest BCUT2D eigenvalue weighted by Gasteiger charge is -2.26. The van der Waals surface area contributed by atoms with Crippen molar-refractivity contribution in [3.05, 3.63) is 0 Å².